The van der Waals surface area contributed by atoms with Crippen molar-refractivity contribution in [3.05, 3.63) is 17.7 Å². The van der Waals surface area contributed by atoms with E-state index in [1.54, 1.807) is 6.92 Å². The Morgan fingerprint density at radius 1 is 1.23 bits per heavy atom. The van der Waals surface area contributed by atoms with Crippen LogP contribution in [0.5, 0.6) is 11.5 Å². The van der Waals surface area contributed by atoms with Gasteiger partial charge in [-0.25, -0.2) is 0 Å². The van der Waals surface area contributed by atoms with E-state index in [2.05, 4.69) is 0 Å². The van der Waals surface area contributed by atoms with Gasteiger partial charge in [-0.15, -0.1) is 0 Å². The minimum atomic E-state index is -0.933. The Balaban J connectivity index is 2.49. The number of nitrogens with zero attached hydrogens (tertiary/aromatic N) is 1. The molecule has 1 aromatic carbocycles. The third-order valence-electron chi connectivity index (χ3n) is 1.87. The molecule has 0 atom stereocenters. The van der Waals surface area contributed by atoms with Gasteiger partial charge in [0.25, 0.3) is 0 Å². The molecule has 0 aromatic heterocycles. The summed E-state index contributed by atoms with van der Waals surface area (Å²) in [5.74, 6) is 0.879. The molecule has 13 heavy (non-hydrogen) atoms. The SMILES string of the molecule is Cc1cc2c(cc1N(F)F)OCO2. The van der Waals surface area contributed by atoms with E-state index < -0.39 is 5.34 Å². The molecule has 3 nitrogen and oxygen atoms in total. The van der Waals surface area contributed by atoms with Crippen molar-refractivity contribution in [1.29, 1.82) is 0 Å². The van der Waals surface area contributed by atoms with Crippen LogP contribution in [0.2, 0.25) is 0 Å². The Morgan fingerprint density at radius 3 is 2.46 bits per heavy atom. The normalized spacial score (nSPS) is 13.2. The highest BCUT2D eigenvalue weighted by molar-refractivity contribution is 5.59. The molecule has 1 aliphatic heterocycles. The summed E-state index contributed by atoms with van der Waals surface area (Å²) >= 11 is 0. The Morgan fingerprint density at radius 2 is 1.85 bits per heavy atom. The second kappa shape index (κ2) is 2.76. The van der Waals surface area contributed by atoms with Gasteiger partial charge in [0.15, 0.2) is 11.5 Å². The molecule has 1 heterocycles. The third-order valence-corrected chi connectivity index (χ3v) is 1.87. The number of hydrogen-bond donors (Lipinski definition) is 0. The molecule has 0 radical (unpaired) electrons. The lowest BCUT2D eigenvalue weighted by atomic mass is 10.2. The Hall–Kier alpha value is -1.52. The average molecular weight is 187 g/mol. The van der Waals surface area contributed by atoms with Gasteiger partial charge < -0.3 is 9.47 Å². The van der Waals surface area contributed by atoms with E-state index >= 15 is 0 Å². The maximum atomic E-state index is 12.2. The van der Waals surface area contributed by atoms with Gasteiger partial charge in [0, 0.05) is 6.07 Å². The van der Waals surface area contributed by atoms with Crippen LogP contribution in [0.15, 0.2) is 12.1 Å². The molecule has 0 saturated heterocycles. The highest BCUT2D eigenvalue weighted by atomic mass is 19.4. The van der Waals surface area contributed by atoms with Crippen LogP contribution in [0.1, 0.15) is 5.56 Å². The third kappa shape index (κ3) is 1.26. The molecule has 0 N–H and O–H groups in total. The van der Waals surface area contributed by atoms with Crippen LogP contribution in [-0.4, -0.2) is 6.79 Å². The van der Waals surface area contributed by atoms with Crippen LogP contribution in [0.3, 0.4) is 0 Å². The number of halogens is 2. The number of hydrogen-bond acceptors (Lipinski definition) is 3. The standard InChI is InChI=1S/C8H7F2NO2/c1-5-2-7-8(13-4-12-7)3-6(5)11(9)10/h2-3H,4H2,1H3. The minimum Gasteiger partial charge on any atom is -0.454 e. The largest absolute Gasteiger partial charge is 0.454 e. The van der Waals surface area contributed by atoms with Crippen molar-refractivity contribution < 1.29 is 18.4 Å². The molecule has 2 rings (SSSR count). The summed E-state index contributed by atoms with van der Waals surface area (Å²) in [7, 11) is 0. The Labute approximate surface area is 73.3 Å². The molecule has 0 unspecified atom stereocenters. The summed E-state index contributed by atoms with van der Waals surface area (Å²) in [4.78, 5) is 0. The van der Waals surface area contributed by atoms with Crippen molar-refractivity contribution in [3.63, 3.8) is 0 Å². The van der Waals surface area contributed by atoms with Crippen molar-refractivity contribution in [2.24, 2.45) is 0 Å². The first-order chi connectivity index (χ1) is 6.18. The summed E-state index contributed by atoms with van der Waals surface area (Å²) in [6, 6.07) is 2.79. The van der Waals surface area contributed by atoms with E-state index in [4.69, 9.17) is 9.47 Å². The maximum absolute atomic E-state index is 12.2. The average Bonchev–Trinajstić information content (AvgIpc) is 2.48. The van der Waals surface area contributed by atoms with Gasteiger partial charge in [0.2, 0.25) is 6.79 Å². The van der Waals surface area contributed by atoms with E-state index in [1.807, 2.05) is 0 Å². The predicted molar refractivity (Wildman–Crippen MR) is 42.0 cm³/mol. The molecule has 1 aliphatic rings. The van der Waals surface area contributed by atoms with Crippen molar-refractivity contribution >= 4 is 5.69 Å². The zero-order valence-corrected chi connectivity index (χ0v) is 6.88. The topological polar surface area (TPSA) is 21.7 Å². The lowest BCUT2D eigenvalue weighted by Gasteiger charge is -2.06. The van der Waals surface area contributed by atoms with Crippen LogP contribution < -0.4 is 14.8 Å². The second-order valence-electron chi connectivity index (χ2n) is 2.72. The second-order valence-corrected chi connectivity index (χ2v) is 2.72. The van der Waals surface area contributed by atoms with Gasteiger partial charge in [-0.05, 0) is 23.9 Å². The first-order valence-electron chi connectivity index (χ1n) is 3.70. The van der Waals surface area contributed by atoms with Crippen molar-refractivity contribution in [1.82, 2.24) is 0 Å². The molecule has 0 bridgehead atoms. The number of rotatable bonds is 1. The number of ether oxygens (including phenoxy) is 2. The Bertz CT molecular complexity index is 341. The Kier molecular flexibility index (Phi) is 1.72. The van der Waals surface area contributed by atoms with E-state index in [0.29, 0.717) is 17.1 Å². The predicted octanol–water partition coefficient (Wildman–Crippen LogP) is 2.30. The monoisotopic (exact) mass is 187 g/mol. The van der Waals surface area contributed by atoms with Gasteiger partial charge in [-0.2, -0.15) is 0 Å². The maximum Gasteiger partial charge on any atom is 0.231 e. The van der Waals surface area contributed by atoms with E-state index in [9.17, 15) is 8.96 Å². The fourth-order valence-corrected chi connectivity index (χ4v) is 1.21. The van der Waals surface area contributed by atoms with Crippen molar-refractivity contribution in [2.75, 3.05) is 12.1 Å². The highest BCUT2D eigenvalue weighted by Crippen LogP contribution is 2.38. The van der Waals surface area contributed by atoms with E-state index in [0.717, 1.165) is 0 Å². The van der Waals surface area contributed by atoms with Gasteiger partial charge in [-0.1, -0.05) is 8.96 Å². The van der Waals surface area contributed by atoms with E-state index in [-0.39, 0.29) is 12.5 Å². The molecule has 0 spiro atoms. The lowest BCUT2D eigenvalue weighted by Crippen LogP contribution is -1.98. The van der Waals surface area contributed by atoms with Crippen molar-refractivity contribution in [3.8, 4) is 11.5 Å². The van der Waals surface area contributed by atoms with Crippen LogP contribution in [0, 0.1) is 6.92 Å². The van der Waals surface area contributed by atoms with E-state index in [1.165, 1.54) is 12.1 Å². The number of anilines is 1. The molecule has 0 amide bonds. The molecule has 1 aromatic rings. The molecule has 0 saturated carbocycles. The summed E-state index contributed by atoms with van der Waals surface area (Å²) in [5.41, 5.74) is 0.290. The molecule has 0 aliphatic carbocycles. The summed E-state index contributed by atoms with van der Waals surface area (Å²) in [6.07, 6.45) is 0. The highest BCUT2D eigenvalue weighted by Gasteiger charge is 2.18. The number of benzene rings is 1. The van der Waals surface area contributed by atoms with Gasteiger partial charge >= 0.3 is 0 Å². The van der Waals surface area contributed by atoms with Gasteiger partial charge in [0.05, 0.1) is 0 Å². The molecule has 0 fully saturated rings. The zero-order chi connectivity index (χ0) is 9.42. The number of fused-ring (bicyclic) bond motifs is 1. The molecule has 70 valence electrons. The van der Waals surface area contributed by atoms with Crippen LogP contribution in [0.4, 0.5) is 14.6 Å². The molecular formula is C8H7F2NO2. The summed E-state index contributed by atoms with van der Waals surface area (Å²) in [5, 5.41) is -0.933. The summed E-state index contributed by atoms with van der Waals surface area (Å²) in [6.45, 7) is 1.68. The fourth-order valence-electron chi connectivity index (χ4n) is 1.21. The smallest absolute Gasteiger partial charge is 0.231 e. The summed E-state index contributed by atoms with van der Waals surface area (Å²) < 4.78 is 34.5. The lowest BCUT2D eigenvalue weighted by molar-refractivity contribution is 0.173. The zero-order valence-electron chi connectivity index (χ0n) is 6.88. The first kappa shape index (κ1) is 8.10. The van der Waals surface area contributed by atoms with Crippen LogP contribution >= 0.6 is 0 Å². The quantitative estimate of drug-likeness (QED) is 0.629. The minimum absolute atomic E-state index is 0.0940. The first-order valence-corrected chi connectivity index (χ1v) is 3.70. The van der Waals surface area contributed by atoms with Crippen LogP contribution in [-0.2, 0) is 0 Å². The van der Waals surface area contributed by atoms with Gasteiger partial charge in [0.1, 0.15) is 5.69 Å². The number of aryl methyl sites for hydroxylation is 1. The molecule has 5 heteroatoms. The van der Waals surface area contributed by atoms with Crippen molar-refractivity contribution in [2.45, 2.75) is 6.92 Å². The van der Waals surface area contributed by atoms with Gasteiger partial charge in [-0.3, -0.25) is 0 Å². The molecular weight excluding hydrogens is 180 g/mol. The fraction of sp³-hybridized carbons (Fsp3) is 0.250. The van der Waals surface area contributed by atoms with Crippen LogP contribution in [0.25, 0.3) is 0 Å².